The van der Waals surface area contributed by atoms with E-state index in [-0.39, 0.29) is 18.3 Å². The standard InChI is InChI=1S/C19H21N5O5/c25-8-13(19(28)6-7-19)29-14(9-26)24-11-22-15-16(20-10-21-17(15)24)23-18(27)12-4-2-1-3-5-12/h1-5,10-11,13-14,25-26,28H,6-9H2,(H,20,21,23,27)/t13-,14-/m1/s1. The molecule has 2 aromatic heterocycles. The van der Waals surface area contributed by atoms with E-state index in [0.717, 1.165) is 0 Å². The highest BCUT2D eigenvalue weighted by molar-refractivity contribution is 6.06. The number of fused-ring (bicyclic) bond motifs is 1. The lowest BCUT2D eigenvalue weighted by Gasteiger charge is -2.26. The summed E-state index contributed by atoms with van der Waals surface area (Å²) in [4.78, 5) is 25.0. The summed E-state index contributed by atoms with van der Waals surface area (Å²) in [7, 11) is 0. The lowest BCUT2D eigenvalue weighted by atomic mass is 10.2. The highest BCUT2D eigenvalue weighted by Gasteiger charge is 2.49. The van der Waals surface area contributed by atoms with E-state index in [4.69, 9.17) is 4.74 Å². The number of ether oxygens (including phenoxy) is 1. The van der Waals surface area contributed by atoms with E-state index >= 15 is 0 Å². The van der Waals surface area contributed by atoms with Gasteiger partial charge in [0.15, 0.2) is 23.2 Å². The largest absolute Gasteiger partial charge is 0.394 e. The Labute approximate surface area is 165 Å². The Kier molecular flexibility index (Phi) is 5.24. The monoisotopic (exact) mass is 399 g/mol. The zero-order chi connectivity index (χ0) is 20.4. The number of aliphatic hydroxyl groups is 3. The second-order valence-corrected chi connectivity index (χ2v) is 6.91. The minimum Gasteiger partial charge on any atom is -0.394 e. The van der Waals surface area contributed by atoms with Gasteiger partial charge in [-0.3, -0.25) is 9.36 Å². The fourth-order valence-electron chi connectivity index (χ4n) is 3.10. The number of amides is 1. The SMILES string of the molecule is O=C(Nc1ncnc2c1ncn2[C@@H](CO)O[C@H](CO)C1(O)CC1)c1ccccc1. The summed E-state index contributed by atoms with van der Waals surface area (Å²) in [5.41, 5.74) is 0.0488. The summed E-state index contributed by atoms with van der Waals surface area (Å²) in [6.07, 6.45) is 1.97. The number of hydrogen-bond donors (Lipinski definition) is 4. The van der Waals surface area contributed by atoms with Crippen molar-refractivity contribution in [1.29, 1.82) is 0 Å². The third-order valence-electron chi connectivity index (χ3n) is 4.94. The summed E-state index contributed by atoms with van der Waals surface area (Å²) >= 11 is 0. The van der Waals surface area contributed by atoms with Gasteiger partial charge in [-0.2, -0.15) is 0 Å². The minimum atomic E-state index is -1.08. The molecule has 1 fully saturated rings. The van der Waals surface area contributed by atoms with Gasteiger partial charge in [-0.25, -0.2) is 15.0 Å². The Hall–Kier alpha value is -2.92. The molecule has 2 atom stereocenters. The Morgan fingerprint density at radius 3 is 2.59 bits per heavy atom. The predicted octanol–water partition coefficient (Wildman–Crippen LogP) is 0.472. The van der Waals surface area contributed by atoms with Crippen LogP contribution < -0.4 is 5.32 Å². The number of benzene rings is 1. The molecule has 2 heterocycles. The van der Waals surface area contributed by atoms with Gasteiger partial charge in [0.2, 0.25) is 0 Å². The molecule has 152 valence electrons. The molecule has 0 unspecified atom stereocenters. The maximum absolute atomic E-state index is 12.4. The van der Waals surface area contributed by atoms with Crippen molar-refractivity contribution in [3.05, 3.63) is 48.5 Å². The van der Waals surface area contributed by atoms with Crippen LogP contribution in [0.1, 0.15) is 29.4 Å². The van der Waals surface area contributed by atoms with Gasteiger partial charge in [0.25, 0.3) is 5.91 Å². The number of aliphatic hydroxyl groups excluding tert-OH is 2. The average molecular weight is 399 g/mol. The molecule has 1 aromatic carbocycles. The number of carbonyl (C=O) groups excluding carboxylic acids is 1. The van der Waals surface area contributed by atoms with Gasteiger partial charge in [0.05, 0.1) is 25.1 Å². The van der Waals surface area contributed by atoms with Gasteiger partial charge in [-0.05, 0) is 25.0 Å². The second-order valence-electron chi connectivity index (χ2n) is 6.91. The van der Waals surface area contributed by atoms with Gasteiger partial charge in [-0.1, -0.05) is 18.2 Å². The van der Waals surface area contributed by atoms with Crippen molar-refractivity contribution in [3.8, 4) is 0 Å². The van der Waals surface area contributed by atoms with Crippen molar-refractivity contribution >= 4 is 22.9 Å². The quantitative estimate of drug-likeness (QED) is 0.428. The number of hydrogen-bond acceptors (Lipinski definition) is 8. The van der Waals surface area contributed by atoms with Crippen molar-refractivity contribution in [1.82, 2.24) is 19.5 Å². The lowest BCUT2D eigenvalue weighted by Crippen LogP contribution is -2.37. The molecule has 0 aliphatic heterocycles. The van der Waals surface area contributed by atoms with Crippen LogP contribution in [0.3, 0.4) is 0 Å². The fraction of sp³-hybridized carbons (Fsp3) is 0.368. The van der Waals surface area contributed by atoms with E-state index in [1.54, 1.807) is 24.3 Å². The van der Waals surface area contributed by atoms with Gasteiger partial charge >= 0.3 is 0 Å². The fourth-order valence-corrected chi connectivity index (χ4v) is 3.10. The van der Waals surface area contributed by atoms with Crippen LogP contribution in [-0.2, 0) is 4.74 Å². The topological polar surface area (TPSA) is 143 Å². The van der Waals surface area contributed by atoms with Crippen LogP contribution in [0, 0.1) is 0 Å². The third-order valence-corrected chi connectivity index (χ3v) is 4.94. The van der Waals surface area contributed by atoms with Crippen LogP contribution in [0.4, 0.5) is 5.82 Å². The highest BCUT2D eigenvalue weighted by atomic mass is 16.5. The average Bonchev–Trinajstić information content (AvgIpc) is 3.34. The molecule has 10 nitrogen and oxygen atoms in total. The van der Waals surface area contributed by atoms with Crippen molar-refractivity contribution in [2.24, 2.45) is 0 Å². The van der Waals surface area contributed by atoms with Crippen molar-refractivity contribution < 1.29 is 24.9 Å². The van der Waals surface area contributed by atoms with Crippen LogP contribution in [0.5, 0.6) is 0 Å². The first kappa shape index (κ1) is 19.4. The number of imidazole rings is 1. The molecule has 0 radical (unpaired) electrons. The Morgan fingerprint density at radius 2 is 1.93 bits per heavy atom. The molecule has 1 amide bonds. The summed E-state index contributed by atoms with van der Waals surface area (Å²) in [5, 5.41) is 32.3. The van der Waals surface area contributed by atoms with Crippen molar-refractivity contribution in [2.45, 2.75) is 30.8 Å². The summed E-state index contributed by atoms with van der Waals surface area (Å²) in [5.74, 6) is -0.120. The van der Waals surface area contributed by atoms with Crippen LogP contribution in [0.15, 0.2) is 43.0 Å². The molecule has 3 aromatic rings. The first-order chi connectivity index (χ1) is 14.1. The number of nitrogens with zero attached hydrogens (tertiary/aromatic N) is 4. The number of aromatic nitrogens is 4. The number of anilines is 1. The zero-order valence-electron chi connectivity index (χ0n) is 15.5. The predicted molar refractivity (Wildman–Crippen MR) is 102 cm³/mol. The second kappa shape index (κ2) is 7.84. The molecule has 1 aliphatic rings. The highest BCUT2D eigenvalue weighted by Crippen LogP contribution is 2.41. The minimum absolute atomic E-state index is 0.221. The van der Waals surface area contributed by atoms with Crippen LogP contribution in [-0.4, -0.2) is 65.7 Å². The molecule has 10 heteroatoms. The number of nitrogens with one attached hydrogen (secondary N) is 1. The van der Waals surface area contributed by atoms with Crippen LogP contribution in [0.25, 0.3) is 11.2 Å². The summed E-state index contributed by atoms with van der Waals surface area (Å²) in [6.45, 7) is -0.805. The summed E-state index contributed by atoms with van der Waals surface area (Å²) in [6, 6.07) is 8.69. The van der Waals surface area contributed by atoms with Crippen molar-refractivity contribution in [3.63, 3.8) is 0 Å². The molecule has 0 saturated heterocycles. The molecule has 0 spiro atoms. The maximum atomic E-state index is 12.4. The van der Waals surface area contributed by atoms with E-state index in [2.05, 4.69) is 20.3 Å². The molecule has 4 rings (SSSR count). The maximum Gasteiger partial charge on any atom is 0.256 e. The van der Waals surface area contributed by atoms with Gasteiger partial charge in [0, 0.05) is 5.56 Å². The Morgan fingerprint density at radius 1 is 1.17 bits per heavy atom. The van der Waals surface area contributed by atoms with E-state index in [1.807, 2.05) is 6.07 Å². The van der Waals surface area contributed by atoms with Gasteiger partial charge < -0.3 is 25.4 Å². The zero-order valence-corrected chi connectivity index (χ0v) is 15.5. The van der Waals surface area contributed by atoms with E-state index < -0.39 is 24.5 Å². The smallest absolute Gasteiger partial charge is 0.256 e. The van der Waals surface area contributed by atoms with E-state index in [9.17, 15) is 20.1 Å². The van der Waals surface area contributed by atoms with E-state index in [1.165, 1.54) is 17.2 Å². The Bertz CT molecular complexity index is 1000. The molecular formula is C19H21N5O5. The van der Waals surface area contributed by atoms with Crippen LogP contribution in [0.2, 0.25) is 0 Å². The lowest BCUT2D eigenvalue weighted by molar-refractivity contribution is -0.144. The number of carbonyl (C=O) groups is 1. The number of rotatable bonds is 8. The van der Waals surface area contributed by atoms with Gasteiger partial charge in [-0.15, -0.1) is 0 Å². The molecule has 29 heavy (non-hydrogen) atoms. The first-order valence-corrected chi connectivity index (χ1v) is 9.19. The molecule has 4 N–H and O–H groups in total. The molecular weight excluding hydrogens is 378 g/mol. The van der Waals surface area contributed by atoms with Crippen molar-refractivity contribution in [2.75, 3.05) is 18.5 Å². The molecule has 1 saturated carbocycles. The molecule has 1 aliphatic carbocycles. The summed E-state index contributed by atoms with van der Waals surface area (Å²) < 4.78 is 7.22. The first-order valence-electron chi connectivity index (χ1n) is 9.19. The molecule has 0 bridgehead atoms. The van der Waals surface area contributed by atoms with Gasteiger partial charge in [0.1, 0.15) is 12.4 Å². The third kappa shape index (κ3) is 3.83. The van der Waals surface area contributed by atoms with Crippen LogP contribution >= 0.6 is 0 Å². The van der Waals surface area contributed by atoms with E-state index in [0.29, 0.717) is 29.6 Å². The normalized spacial score (nSPS) is 17.1. The Balaban J connectivity index is 1.60.